The van der Waals surface area contributed by atoms with E-state index in [9.17, 15) is 4.79 Å². The molecule has 1 fully saturated rings. The third kappa shape index (κ3) is 4.43. The average Bonchev–Trinajstić information content (AvgIpc) is 3.22. The van der Waals surface area contributed by atoms with E-state index in [4.69, 9.17) is 0 Å². The lowest BCUT2D eigenvalue weighted by Gasteiger charge is -2.07. The van der Waals surface area contributed by atoms with Gasteiger partial charge in [-0.1, -0.05) is 29.8 Å². The molecule has 2 N–H and O–H groups in total. The van der Waals surface area contributed by atoms with Crippen LogP contribution in [0.25, 0.3) is 0 Å². The molecular weight excluding hydrogens is 236 g/mol. The van der Waals surface area contributed by atoms with Gasteiger partial charge in [0.1, 0.15) is 0 Å². The molecule has 0 atom stereocenters. The average molecular weight is 258 g/mol. The maximum absolute atomic E-state index is 11.6. The second kappa shape index (κ2) is 6.41. The van der Waals surface area contributed by atoms with Crippen LogP contribution in [0.3, 0.4) is 0 Å². The molecule has 3 nitrogen and oxygen atoms in total. The summed E-state index contributed by atoms with van der Waals surface area (Å²) in [6.07, 6.45) is 5.23. The number of hydrogen-bond acceptors (Lipinski definition) is 1. The molecule has 0 saturated heterocycles. The summed E-state index contributed by atoms with van der Waals surface area (Å²) in [7, 11) is 0. The molecule has 0 unspecified atom stereocenters. The first kappa shape index (κ1) is 13.7. The number of hydrogen-bond donors (Lipinski definition) is 2. The van der Waals surface area contributed by atoms with Gasteiger partial charge in [-0.3, -0.25) is 0 Å². The third-order valence-corrected chi connectivity index (χ3v) is 3.59. The van der Waals surface area contributed by atoms with Crippen LogP contribution >= 0.6 is 0 Å². The molecule has 1 aliphatic rings. The van der Waals surface area contributed by atoms with Crippen molar-refractivity contribution in [2.24, 2.45) is 5.92 Å². The van der Waals surface area contributed by atoms with Gasteiger partial charge in [-0.2, -0.15) is 0 Å². The number of nitrogens with one attached hydrogen (secondary N) is 2. The molecule has 0 spiro atoms. The number of allylic oxidation sites excluding steroid dienone is 1. The summed E-state index contributed by atoms with van der Waals surface area (Å²) in [5.41, 5.74) is 3.83. The molecule has 19 heavy (non-hydrogen) atoms. The minimum atomic E-state index is -0.117. The summed E-state index contributed by atoms with van der Waals surface area (Å²) in [5, 5.41) is 5.67. The van der Waals surface area contributed by atoms with Gasteiger partial charge in [0.15, 0.2) is 0 Å². The van der Waals surface area contributed by atoms with E-state index < -0.39 is 0 Å². The third-order valence-electron chi connectivity index (χ3n) is 3.59. The van der Waals surface area contributed by atoms with Crippen molar-refractivity contribution in [1.82, 2.24) is 10.6 Å². The topological polar surface area (TPSA) is 41.1 Å². The Labute approximate surface area is 115 Å². The van der Waals surface area contributed by atoms with Crippen LogP contribution in [0.1, 0.15) is 30.9 Å². The highest BCUT2D eigenvalue weighted by Gasteiger charge is 2.22. The number of urea groups is 1. The molecular formula is C16H22N2O. The van der Waals surface area contributed by atoms with Crippen molar-refractivity contribution in [2.45, 2.75) is 33.1 Å². The van der Waals surface area contributed by atoms with Crippen LogP contribution in [-0.4, -0.2) is 12.6 Å². The smallest absolute Gasteiger partial charge is 0.318 e. The summed E-state index contributed by atoms with van der Waals surface area (Å²) in [5.74, 6) is 0.701. The van der Waals surface area contributed by atoms with Gasteiger partial charge < -0.3 is 10.6 Å². The molecule has 0 radical (unpaired) electrons. The fourth-order valence-electron chi connectivity index (χ4n) is 2.09. The predicted molar refractivity (Wildman–Crippen MR) is 77.9 cm³/mol. The quantitative estimate of drug-likeness (QED) is 0.837. The molecule has 1 aliphatic carbocycles. The van der Waals surface area contributed by atoms with Gasteiger partial charge in [0.05, 0.1) is 0 Å². The predicted octanol–water partition coefficient (Wildman–Crippen LogP) is 3.15. The summed E-state index contributed by atoms with van der Waals surface area (Å²) in [6.45, 7) is 4.83. The first-order valence-electron chi connectivity index (χ1n) is 6.92. The van der Waals surface area contributed by atoms with Gasteiger partial charge in [0, 0.05) is 12.7 Å². The molecule has 3 heteroatoms. The van der Waals surface area contributed by atoms with Crippen molar-refractivity contribution in [1.29, 1.82) is 0 Å². The van der Waals surface area contributed by atoms with Crippen LogP contribution in [0.2, 0.25) is 0 Å². The van der Waals surface area contributed by atoms with Crippen LogP contribution in [0, 0.1) is 12.8 Å². The second-order valence-corrected chi connectivity index (χ2v) is 5.24. The number of aryl methyl sites for hydroxylation is 1. The number of carbonyl (C=O) groups is 1. The van der Waals surface area contributed by atoms with Crippen molar-refractivity contribution in [3.8, 4) is 0 Å². The van der Waals surface area contributed by atoms with Gasteiger partial charge >= 0.3 is 6.03 Å². The summed E-state index contributed by atoms with van der Waals surface area (Å²) in [6, 6.07) is 8.14. The van der Waals surface area contributed by atoms with Crippen LogP contribution < -0.4 is 10.6 Å². The first-order chi connectivity index (χ1) is 9.16. The molecule has 0 bridgehead atoms. The van der Waals surface area contributed by atoms with Gasteiger partial charge in [-0.15, -0.1) is 0 Å². The van der Waals surface area contributed by atoms with Crippen molar-refractivity contribution in [3.05, 3.63) is 47.2 Å². The lowest BCUT2D eigenvalue weighted by molar-refractivity contribution is 0.244. The Balaban J connectivity index is 1.69. The van der Waals surface area contributed by atoms with Crippen LogP contribution in [0.4, 0.5) is 4.79 Å². The minimum Gasteiger partial charge on any atom is -0.338 e. The zero-order chi connectivity index (χ0) is 13.7. The molecule has 1 aromatic carbocycles. The second-order valence-electron chi connectivity index (χ2n) is 5.24. The fraction of sp³-hybridized carbons (Fsp3) is 0.438. The minimum absolute atomic E-state index is 0.117. The number of carbonyl (C=O) groups excluding carboxylic acids is 1. The Bertz CT molecular complexity index is 475. The van der Waals surface area contributed by atoms with Crippen molar-refractivity contribution >= 4 is 6.03 Å². The zero-order valence-electron chi connectivity index (χ0n) is 11.7. The van der Waals surface area contributed by atoms with E-state index in [2.05, 4.69) is 36.6 Å². The lowest BCUT2D eigenvalue weighted by Crippen LogP contribution is -2.33. The van der Waals surface area contributed by atoms with E-state index in [1.807, 2.05) is 18.3 Å². The van der Waals surface area contributed by atoms with Gasteiger partial charge in [-0.25, -0.2) is 4.79 Å². The lowest BCUT2D eigenvalue weighted by atomic mass is 10.1. The van der Waals surface area contributed by atoms with Gasteiger partial charge in [-0.05, 0) is 50.2 Å². The monoisotopic (exact) mass is 258 g/mol. The highest BCUT2D eigenvalue weighted by molar-refractivity contribution is 5.74. The molecule has 102 valence electrons. The van der Waals surface area contributed by atoms with E-state index in [-0.39, 0.29) is 6.03 Å². The molecule has 2 rings (SSSR count). The summed E-state index contributed by atoms with van der Waals surface area (Å²) < 4.78 is 0. The van der Waals surface area contributed by atoms with E-state index >= 15 is 0 Å². The molecule has 0 aliphatic heterocycles. The van der Waals surface area contributed by atoms with Gasteiger partial charge in [0.25, 0.3) is 0 Å². The van der Waals surface area contributed by atoms with Crippen LogP contribution in [0.15, 0.2) is 36.0 Å². The largest absolute Gasteiger partial charge is 0.338 e. The van der Waals surface area contributed by atoms with Crippen molar-refractivity contribution < 1.29 is 4.79 Å². The van der Waals surface area contributed by atoms with Gasteiger partial charge in [0.2, 0.25) is 0 Å². The zero-order valence-corrected chi connectivity index (χ0v) is 11.7. The number of amides is 2. The number of rotatable bonds is 5. The molecule has 1 saturated carbocycles. The van der Waals surface area contributed by atoms with E-state index in [1.54, 1.807) is 0 Å². The van der Waals surface area contributed by atoms with Crippen LogP contribution in [-0.2, 0) is 6.42 Å². The Morgan fingerprint density at radius 3 is 2.79 bits per heavy atom. The highest BCUT2D eigenvalue weighted by atomic mass is 16.2. The Kier molecular flexibility index (Phi) is 4.61. The van der Waals surface area contributed by atoms with Crippen molar-refractivity contribution in [2.75, 3.05) is 6.54 Å². The van der Waals surface area contributed by atoms with E-state index in [0.29, 0.717) is 12.5 Å². The SMILES string of the molecule is C/C(=C\NC(=O)NCCc1ccccc1C)C1CC1. The Morgan fingerprint density at radius 2 is 2.11 bits per heavy atom. The molecule has 1 aromatic rings. The number of benzene rings is 1. The Hall–Kier alpha value is -1.77. The molecule has 2 amide bonds. The molecule has 0 aromatic heterocycles. The summed E-state index contributed by atoms with van der Waals surface area (Å²) in [4.78, 5) is 11.6. The fourth-order valence-corrected chi connectivity index (χ4v) is 2.09. The van der Waals surface area contributed by atoms with Crippen molar-refractivity contribution in [3.63, 3.8) is 0 Å². The Morgan fingerprint density at radius 1 is 1.37 bits per heavy atom. The maximum Gasteiger partial charge on any atom is 0.318 e. The van der Waals surface area contributed by atoms with E-state index in [0.717, 1.165) is 6.42 Å². The first-order valence-corrected chi connectivity index (χ1v) is 6.92. The van der Waals surface area contributed by atoms with E-state index in [1.165, 1.54) is 29.5 Å². The molecule has 0 heterocycles. The maximum atomic E-state index is 11.6. The van der Waals surface area contributed by atoms with Crippen LogP contribution in [0.5, 0.6) is 0 Å². The normalized spacial score (nSPS) is 15.2. The standard InChI is InChI=1S/C16H22N2O/c1-12-5-3-4-6-14(12)9-10-17-16(19)18-11-13(2)15-7-8-15/h3-6,11,15H,7-10H2,1-2H3,(H2,17,18,19)/b13-11+. The highest BCUT2D eigenvalue weighted by Crippen LogP contribution is 2.35. The summed E-state index contributed by atoms with van der Waals surface area (Å²) >= 11 is 0.